The van der Waals surface area contributed by atoms with E-state index >= 15 is 0 Å². The number of hydrogen-bond donors (Lipinski definition) is 1. The lowest BCUT2D eigenvalue weighted by Gasteiger charge is -2.37. The number of hydrogen-bond acceptors (Lipinski definition) is 7. The number of aromatic nitrogens is 2. The van der Waals surface area contributed by atoms with Crippen molar-refractivity contribution in [2.24, 2.45) is 0 Å². The molecule has 0 bridgehead atoms. The quantitative estimate of drug-likeness (QED) is 0.610. The van der Waals surface area contributed by atoms with Gasteiger partial charge in [-0.25, -0.2) is 9.78 Å². The van der Waals surface area contributed by atoms with Gasteiger partial charge in [0.15, 0.2) is 0 Å². The van der Waals surface area contributed by atoms with Crippen LogP contribution in [-0.2, 0) is 4.74 Å². The maximum atomic E-state index is 13.0. The van der Waals surface area contributed by atoms with Crippen molar-refractivity contribution in [3.8, 4) is 10.6 Å². The molecular formula is C24H27N5O3S. The van der Waals surface area contributed by atoms with Gasteiger partial charge in [0.2, 0.25) is 0 Å². The summed E-state index contributed by atoms with van der Waals surface area (Å²) in [6.07, 6.45) is 3.03. The van der Waals surface area contributed by atoms with Crippen molar-refractivity contribution >= 4 is 34.7 Å². The number of piperazine rings is 1. The first kappa shape index (κ1) is 22.7. The van der Waals surface area contributed by atoms with Crippen LogP contribution in [0.3, 0.4) is 0 Å². The molecule has 1 aliphatic rings. The van der Waals surface area contributed by atoms with Gasteiger partial charge in [0.25, 0.3) is 5.91 Å². The van der Waals surface area contributed by atoms with E-state index in [0.29, 0.717) is 37.6 Å². The van der Waals surface area contributed by atoms with E-state index < -0.39 is 5.60 Å². The monoisotopic (exact) mass is 465 g/mol. The highest BCUT2D eigenvalue weighted by Crippen LogP contribution is 2.27. The maximum absolute atomic E-state index is 13.0. The van der Waals surface area contributed by atoms with E-state index in [2.05, 4.69) is 20.2 Å². The fourth-order valence-electron chi connectivity index (χ4n) is 3.52. The number of rotatable bonds is 4. The van der Waals surface area contributed by atoms with Crippen LogP contribution in [0.4, 0.5) is 16.2 Å². The average molecular weight is 466 g/mol. The Kier molecular flexibility index (Phi) is 6.60. The number of amides is 2. The molecule has 0 radical (unpaired) electrons. The lowest BCUT2D eigenvalue weighted by molar-refractivity contribution is 0.0240. The van der Waals surface area contributed by atoms with Gasteiger partial charge in [0.05, 0.1) is 28.1 Å². The fraction of sp³-hybridized carbons (Fsp3) is 0.333. The normalized spacial score (nSPS) is 14.2. The molecule has 1 saturated heterocycles. The lowest BCUT2D eigenvalue weighted by Crippen LogP contribution is -2.50. The first-order chi connectivity index (χ1) is 15.8. The number of carbonyl (C=O) groups is 2. The third kappa shape index (κ3) is 5.67. The van der Waals surface area contributed by atoms with Gasteiger partial charge in [-0.2, -0.15) is 0 Å². The Hall–Kier alpha value is -3.46. The molecule has 8 nitrogen and oxygen atoms in total. The van der Waals surface area contributed by atoms with Crippen molar-refractivity contribution in [1.82, 2.24) is 14.9 Å². The molecule has 0 aromatic carbocycles. The number of ether oxygens (including phenoxy) is 1. The van der Waals surface area contributed by atoms with Gasteiger partial charge in [-0.3, -0.25) is 9.78 Å². The van der Waals surface area contributed by atoms with Crippen molar-refractivity contribution in [3.63, 3.8) is 0 Å². The zero-order valence-corrected chi connectivity index (χ0v) is 19.8. The second kappa shape index (κ2) is 9.58. The van der Waals surface area contributed by atoms with Gasteiger partial charge in [0.1, 0.15) is 11.3 Å². The minimum Gasteiger partial charge on any atom is -0.444 e. The highest BCUT2D eigenvalue weighted by atomic mass is 32.1. The maximum Gasteiger partial charge on any atom is 0.410 e. The van der Waals surface area contributed by atoms with Crippen LogP contribution in [0.2, 0.25) is 0 Å². The van der Waals surface area contributed by atoms with Crippen LogP contribution >= 0.6 is 11.3 Å². The van der Waals surface area contributed by atoms with Crippen molar-refractivity contribution in [2.75, 3.05) is 36.4 Å². The van der Waals surface area contributed by atoms with Crippen molar-refractivity contribution < 1.29 is 14.3 Å². The standard InChI is InChI=1S/C24H27N5O3S/c1-24(2,3)32-23(31)29-13-11-28(12-14-29)20-9-10-25-16-19(20)27-22(30)18-7-4-6-17(26-18)21-8-5-15-33-21/h4-10,15-16H,11-14H2,1-3H3,(H,27,30). The zero-order valence-electron chi connectivity index (χ0n) is 18.9. The molecule has 0 aliphatic carbocycles. The SMILES string of the molecule is CC(C)(C)OC(=O)N1CCN(c2ccncc2NC(=O)c2cccc(-c3cccs3)n2)CC1. The minimum absolute atomic E-state index is 0.296. The van der Waals surface area contributed by atoms with Crippen molar-refractivity contribution in [1.29, 1.82) is 0 Å². The van der Waals surface area contributed by atoms with Gasteiger partial charge in [-0.1, -0.05) is 12.1 Å². The number of anilines is 2. The minimum atomic E-state index is -0.522. The molecule has 0 saturated carbocycles. The Morgan fingerprint density at radius 3 is 2.55 bits per heavy atom. The van der Waals surface area contributed by atoms with Crippen LogP contribution in [0.1, 0.15) is 31.3 Å². The molecule has 172 valence electrons. The third-order valence-corrected chi connectivity index (χ3v) is 5.97. The first-order valence-corrected chi connectivity index (χ1v) is 11.7. The van der Waals surface area contributed by atoms with Crippen LogP contribution in [0.15, 0.2) is 54.2 Å². The zero-order chi connectivity index (χ0) is 23.4. The highest BCUT2D eigenvalue weighted by molar-refractivity contribution is 7.13. The number of nitrogens with one attached hydrogen (secondary N) is 1. The summed E-state index contributed by atoms with van der Waals surface area (Å²) in [7, 11) is 0. The van der Waals surface area contributed by atoms with Gasteiger partial charge >= 0.3 is 6.09 Å². The van der Waals surface area contributed by atoms with Crippen LogP contribution in [0.25, 0.3) is 10.6 Å². The molecule has 3 aromatic rings. The Morgan fingerprint density at radius 1 is 1.06 bits per heavy atom. The summed E-state index contributed by atoms with van der Waals surface area (Å²) in [5.74, 6) is -0.296. The summed E-state index contributed by atoms with van der Waals surface area (Å²) >= 11 is 1.58. The van der Waals surface area contributed by atoms with E-state index in [0.717, 1.165) is 16.3 Å². The smallest absolute Gasteiger partial charge is 0.410 e. The third-order valence-electron chi connectivity index (χ3n) is 5.07. The van der Waals surface area contributed by atoms with E-state index in [1.54, 1.807) is 34.7 Å². The largest absolute Gasteiger partial charge is 0.444 e. The average Bonchev–Trinajstić information content (AvgIpc) is 3.34. The number of thiophene rings is 1. The highest BCUT2D eigenvalue weighted by Gasteiger charge is 2.27. The van der Waals surface area contributed by atoms with Crippen LogP contribution in [0, 0.1) is 0 Å². The molecule has 0 atom stereocenters. The van der Waals surface area contributed by atoms with Crippen LogP contribution in [-0.4, -0.2) is 58.6 Å². The van der Waals surface area contributed by atoms with E-state index in [1.807, 2.05) is 56.5 Å². The molecule has 33 heavy (non-hydrogen) atoms. The molecule has 1 fully saturated rings. The first-order valence-electron chi connectivity index (χ1n) is 10.8. The summed E-state index contributed by atoms with van der Waals surface area (Å²) < 4.78 is 5.48. The molecule has 4 rings (SSSR count). The van der Waals surface area contributed by atoms with Gasteiger partial charge in [-0.05, 0) is 50.4 Å². The van der Waals surface area contributed by atoms with Gasteiger partial charge in [-0.15, -0.1) is 11.3 Å². The Bertz CT molecular complexity index is 1120. The lowest BCUT2D eigenvalue weighted by atomic mass is 10.2. The fourth-order valence-corrected chi connectivity index (χ4v) is 4.22. The summed E-state index contributed by atoms with van der Waals surface area (Å²) in [5.41, 5.74) is 2.05. The molecule has 1 N–H and O–H groups in total. The number of nitrogens with zero attached hydrogens (tertiary/aromatic N) is 4. The molecular weight excluding hydrogens is 438 g/mol. The predicted molar refractivity (Wildman–Crippen MR) is 130 cm³/mol. The summed E-state index contributed by atoms with van der Waals surface area (Å²) in [6, 6.07) is 11.2. The molecule has 3 aromatic heterocycles. The van der Waals surface area contributed by atoms with Gasteiger partial charge < -0.3 is 19.9 Å². The van der Waals surface area contributed by atoms with Crippen LogP contribution < -0.4 is 10.2 Å². The summed E-state index contributed by atoms with van der Waals surface area (Å²) in [5, 5.41) is 4.93. The van der Waals surface area contributed by atoms with E-state index in [9.17, 15) is 9.59 Å². The van der Waals surface area contributed by atoms with Crippen molar-refractivity contribution in [3.05, 3.63) is 59.9 Å². The molecule has 0 unspecified atom stereocenters. The Labute approximate surface area is 197 Å². The predicted octanol–water partition coefficient (Wildman–Crippen LogP) is 4.51. The molecule has 0 spiro atoms. The van der Waals surface area contributed by atoms with E-state index in [4.69, 9.17) is 4.74 Å². The van der Waals surface area contributed by atoms with E-state index in [-0.39, 0.29) is 12.0 Å². The number of carbonyl (C=O) groups excluding carboxylic acids is 2. The van der Waals surface area contributed by atoms with Crippen molar-refractivity contribution in [2.45, 2.75) is 26.4 Å². The Morgan fingerprint density at radius 2 is 1.85 bits per heavy atom. The Balaban J connectivity index is 1.44. The topological polar surface area (TPSA) is 87.7 Å². The summed E-state index contributed by atoms with van der Waals surface area (Å²) in [6.45, 7) is 7.90. The van der Waals surface area contributed by atoms with E-state index in [1.165, 1.54) is 0 Å². The summed E-state index contributed by atoms with van der Waals surface area (Å²) in [4.78, 5) is 38.9. The second-order valence-corrected chi connectivity index (χ2v) is 9.63. The molecule has 9 heteroatoms. The number of pyridine rings is 2. The molecule has 1 aliphatic heterocycles. The second-order valence-electron chi connectivity index (χ2n) is 8.69. The van der Waals surface area contributed by atoms with Crippen LogP contribution in [0.5, 0.6) is 0 Å². The molecule has 2 amide bonds. The van der Waals surface area contributed by atoms with Gasteiger partial charge in [0, 0.05) is 32.4 Å². The molecule has 4 heterocycles.